The van der Waals surface area contributed by atoms with Crippen LogP contribution in [0.25, 0.3) is 0 Å². The van der Waals surface area contributed by atoms with Gasteiger partial charge in [-0.15, -0.1) is 0 Å². The molecule has 0 radical (unpaired) electrons. The molecule has 1 aromatic carbocycles. The van der Waals surface area contributed by atoms with Gasteiger partial charge in [0, 0.05) is 17.3 Å². The Bertz CT molecular complexity index is 534. The van der Waals surface area contributed by atoms with Gasteiger partial charge >= 0.3 is 0 Å². The van der Waals surface area contributed by atoms with E-state index in [2.05, 4.69) is 4.98 Å². The van der Waals surface area contributed by atoms with Crippen LogP contribution in [0, 0.1) is 19.8 Å². The molecule has 0 aliphatic heterocycles. The van der Waals surface area contributed by atoms with E-state index in [1.165, 1.54) is 12.3 Å². The van der Waals surface area contributed by atoms with Crippen LogP contribution in [0.3, 0.4) is 0 Å². The van der Waals surface area contributed by atoms with Crippen molar-refractivity contribution in [3.05, 3.63) is 52.6 Å². The molecule has 2 aromatic rings. The summed E-state index contributed by atoms with van der Waals surface area (Å²) >= 11 is 5.92. The van der Waals surface area contributed by atoms with E-state index < -0.39 is 5.95 Å². The van der Waals surface area contributed by atoms with E-state index in [9.17, 15) is 4.39 Å². The summed E-state index contributed by atoms with van der Waals surface area (Å²) in [5, 5.41) is 0.660. The highest BCUT2D eigenvalue weighted by Gasteiger charge is 2.07. The molecule has 0 amide bonds. The summed E-state index contributed by atoms with van der Waals surface area (Å²) in [7, 11) is 0. The lowest BCUT2D eigenvalue weighted by Crippen LogP contribution is -1.92. The smallest absolute Gasteiger partial charge is 0.216 e. The molecule has 0 aliphatic carbocycles. The highest BCUT2D eigenvalue weighted by molar-refractivity contribution is 6.30. The number of hydrogen-bond donors (Lipinski definition) is 0. The number of benzene rings is 1. The van der Waals surface area contributed by atoms with Crippen LogP contribution in [-0.2, 0) is 0 Å². The minimum Gasteiger partial charge on any atom is -0.457 e. The van der Waals surface area contributed by atoms with Crippen LogP contribution in [0.5, 0.6) is 11.5 Å². The number of ether oxygens (including phenoxy) is 1. The Labute approximate surface area is 104 Å². The van der Waals surface area contributed by atoms with Crippen molar-refractivity contribution in [1.82, 2.24) is 4.98 Å². The summed E-state index contributed by atoms with van der Waals surface area (Å²) in [5.74, 6) is 0.554. The van der Waals surface area contributed by atoms with E-state index in [-0.39, 0.29) is 0 Å². The maximum atomic E-state index is 12.9. The van der Waals surface area contributed by atoms with Crippen molar-refractivity contribution in [2.45, 2.75) is 13.8 Å². The van der Waals surface area contributed by atoms with Gasteiger partial charge in [-0.05, 0) is 43.2 Å². The van der Waals surface area contributed by atoms with E-state index in [0.29, 0.717) is 16.5 Å². The highest BCUT2D eigenvalue weighted by Crippen LogP contribution is 2.31. The lowest BCUT2D eigenvalue weighted by atomic mass is 10.1. The molecule has 1 heterocycles. The first kappa shape index (κ1) is 11.9. The lowest BCUT2D eigenvalue weighted by molar-refractivity contribution is 0.465. The summed E-state index contributed by atoms with van der Waals surface area (Å²) in [6, 6.07) is 6.47. The highest BCUT2D eigenvalue weighted by atomic mass is 35.5. The van der Waals surface area contributed by atoms with Gasteiger partial charge in [0.05, 0.1) is 0 Å². The normalized spacial score (nSPS) is 10.4. The standard InChI is InChI=1S/C13H11ClFNO/c1-8-5-10(14)6-9(2)13(8)17-11-3-4-16-12(15)7-11/h3-7H,1-2H3. The summed E-state index contributed by atoms with van der Waals surface area (Å²) in [6.07, 6.45) is 1.37. The Morgan fingerprint density at radius 1 is 1.18 bits per heavy atom. The second-order valence-corrected chi connectivity index (χ2v) is 4.22. The Morgan fingerprint density at radius 2 is 1.82 bits per heavy atom. The van der Waals surface area contributed by atoms with Crippen LogP contribution in [0.1, 0.15) is 11.1 Å². The van der Waals surface area contributed by atoms with Crippen LogP contribution in [0.2, 0.25) is 5.02 Å². The third kappa shape index (κ3) is 2.74. The third-order valence-electron chi connectivity index (χ3n) is 2.34. The first-order valence-electron chi connectivity index (χ1n) is 5.12. The van der Waals surface area contributed by atoms with Gasteiger partial charge in [-0.3, -0.25) is 0 Å². The zero-order chi connectivity index (χ0) is 12.4. The van der Waals surface area contributed by atoms with Crippen LogP contribution in [0.15, 0.2) is 30.5 Å². The number of aryl methyl sites for hydroxylation is 2. The zero-order valence-corrected chi connectivity index (χ0v) is 10.3. The molecule has 0 fully saturated rings. The number of rotatable bonds is 2. The molecule has 0 saturated carbocycles. The second-order valence-electron chi connectivity index (χ2n) is 3.79. The van der Waals surface area contributed by atoms with Crippen molar-refractivity contribution in [3.8, 4) is 11.5 Å². The van der Waals surface area contributed by atoms with Crippen molar-refractivity contribution >= 4 is 11.6 Å². The van der Waals surface area contributed by atoms with Crippen LogP contribution < -0.4 is 4.74 Å². The van der Waals surface area contributed by atoms with Gasteiger partial charge in [-0.1, -0.05) is 11.6 Å². The van der Waals surface area contributed by atoms with Crippen molar-refractivity contribution < 1.29 is 9.13 Å². The molecular formula is C13H11ClFNO. The number of halogens is 2. The van der Waals surface area contributed by atoms with Crippen molar-refractivity contribution in [2.24, 2.45) is 0 Å². The van der Waals surface area contributed by atoms with E-state index in [1.807, 2.05) is 13.8 Å². The van der Waals surface area contributed by atoms with Crippen LogP contribution in [0.4, 0.5) is 4.39 Å². The largest absolute Gasteiger partial charge is 0.457 e. The fourth-order valence-electron chi connectivity index (χ4n) is 1.62. The minimum absolute atomic E-state index is 0.422. The molecule has 0 bridgehead atoms. The number of aromatic nitrogens is 1. The Balaban J connectivity index is 2.36. The average Bonchev–Trinajstić information content (AvgIpc) is 2.23. The first-order valence-corrected chi connectivity index (χ1v) is 5.50. The van der Waals surface area contributed by atoms with E-state index >= 15 is 0 Å². The van der Waals surface area contributed by atoms with Gasteiger partial charge in [0.2, 0.25) is 5.95 Å². The fraction of sp³-hybridized carbons (Fsp3) is 0.154. The van der Waals surface area contributed by atoms with E-state index in [4.69, 9.17) is 16.3 Å². The quantitative estimate of drug-likeness (QED) is 0.743. The number of nitrogens with zero attached hydrogens (tertiary/aromatic N) is 1. The molecule has 2 nitrogen and oxygen atoms in total. The molecule has 0 N–H and O–H groups in total. The Morgan fingerprint density at radius 3 is 2.41 bits per heavy atom. The Hall–Kier alpha value is -1.61. The number of hydrogen-bond acceptors (Lipinski definition) is 2. The maximum Gasteiger partial charge on any atom is 0.216 e. The molecule has 2 rings (SSSR count). The van der Waals surface area contributed by atoms with Gasteiger partial charge in [-0.2, -0.15) is 4.39 Å². The maximum absolute atomic E-state index is 12.9. The van der Waals surface area contributed by atoms with Crippen molar-refractivity contribution in [1.29, 1.82) is 0 Å². The predicted molar refractivity (Wildman–Crippen MR) is 65.2 cm³/mol. The van der Waals surface area contributed by atoms with Crippen molar-refractivity contribution in [2.75, 3.05) is 0 Å². The fourth-order valence-corrected chi connectivity index (χ4v) is 1.95. The predicted octanol–water partition coefficient (Wildman–Crippen LogP) is 4.28. The molecule has 0 saturated heterocycles. The average molecular weight is 252 g/mol. The van der Waals surface area contributed by atoms with Crippen LogP contribution in [-0.4, -0.2) is 4.98 Å². The monoisotopic (exact) mass is 251 g/mol. The van der Waals surface area contributed by atoms with Gasteiger partial charge in [-0.25, -0.2) is 4.98 Å². The van der Waals surface area contributed by atoms with Gasteiger partial charge in [0.15, 0.2) is 0 Å². The molecule has 4 heteroatoms. The topological polar surface area (TPSA) is 22.1 Å². The molecule has 88 valence electrons. The Kier molecular flexibility index (Phi) is 3.29. The molecule has 0 atom stereocenters. The molecular weight excluding hydrogens is 241 g/mol. The van der Waals surface area contributed by atoms with E-state index in [1.54, 1.807) is 18.2 Å². The summed E-state index contributed by atoms with van der Waals surface area (Å²) in [5.41, 5.74) is 1.82. The lowest BCUT2D eigenvalue weighted by Gasteiger charge is -2.12. The van der Waals surface area contributed by atoms with Crippen LogP contribution >= 0.6 is 11.6 Å². The zero-order valence-electron chi connectivity index (χ0n) is 9.50. The molecule has 0 aliphatic rings. The molecule has 1 aromatic heterocycles. The summed E-state index contributed by atoms with van der Waals surface area (Å²) in [6.45, 7) is 3.79. The van der Waals surface area contributed by atoms with Gasteiger partial charge in [0.25, 0.3) is 0 Å². The van der Waals surface area contributed by atoms with E-state index in [0.717, 1.165) is 11.1 Å². The van der Waals surface area contributed by atoms with Gasteiger partial charge in [0.1, 0.15) is 11.5 Å². The van der Waals surface area contributed by atoms with Gasteiger partial charge < -0.3 is 4.74 Å². The SMILES string of the molecule is Cc1cc(Cl)cc(C)c1Oc1ccnc(F)c1. The third-order valence-corrected chi connectivity index (χ3v) is 2.56. The molecule has 0 spiro atoms. The minimum atomic E-state index is -0.563. The number of pyridine rings is 1. The summed E-state index contributed by atoms with van der Waals surface area (Å²) in [4.78, 5) is 3.47. The molecule has 17 heavy (non-hydrogen) atoms. The molecule has 0 unspecified atom stereocenters. The first-order chi connectivity index (χ1) is 8.06. The summed E-state index contributed by atoms with van der Waals surface area (Å²) < 4.78 is 18.6. The second kappa shape index (κ2) is 4.72. The van der Waals surface area contributed by atoms with Crippen molar-refractivity contribution in [3.63, 3.8) is 0 Å².